The molecule has 2 unspecified atom stereocenters. The fourth-order valence-corrected chi connectivity index (χ4v) is 2.85. The van der Waals surface area contributed by atoms with E-state index in [4.69, 9.17) is 4.74 Å². The van der Waals surface area contributed by atoms with Gasteiger partial charge in [0.1, 0.15) is 0 Å². The number of rotatable bonds is 5. The van der Waals surface area contributed by atoms with Crippen LogP contribution in [-0.2, 0) is 9.53 Å². The molecule has 92 valence electrons. The Kier molecular flexibility index (Phi) is 4.22. The van der Waals surface area contributed by atoms with Gasteiger partial charge in [-0.3, -0.25) is 4.79 Å². The normalized spacial score (nSPS) is 30.1. The average molecular weight is 225 g/mol. The lowest BCUT2D eigenvalue weighted by Gasteiger charge is -2.29. The van der Waals surface area contributed by atoms with Gasteiger partial charge in [-0.2, -0.15) is 0 Å². The van der Waals surface area contributed by atoms with Gasteiger partial charge < -0.3 is 10.1 Å². The highest BCUT2D eigenvalue weighted by atomic mass is 16.5. The molecule has 0 aromatic heterocycles. The van der Waals surface area contributed by atoms with Gasteiger partial charge >= 0.3 is 5.97 Å². The van der Waals surface area contributed by atoms with Crippen molar-refractivity contribution in [1.29, 1.82) is 0 Å². The van der Waals surface area contributed by atoms with E-state index in [0.29, 0.717) is 19.2 Å². The topological polar surface area (TPSA) is 38.3 Å². The summed E-state index contributed by atoms with van der Waals surface area (Å²) in [5.41, 5.74) is 0. The molecule has 0 spiro atoms. The van der Waals surface area contributed by atoms with Gasteiger partial charge in [0.25, 0.3) is 0 Å². The maximum absolute atomic E-state index is 11.2. The Hall–Kier alpha value is -0.570. The second-order valence-corrected chi connectivity index (χ2v) is 5.15. The summed E-state index contributed by atoms with van der Waals surface area (Å²) >= 11 is 0. The van der Waals surface area contributed by atoms with Crippen LogP contribution in [0.4, 0.5) is 0 Å². The summed E-state index contributed by atoms with van der Waals surface area (Å²) < 4.78 is 4.92. The zero-order chi connectivity index (χ0) is 11.4. The molecule has 2 atom stereocenters. The number of hydrogen-bond donors (Lipinski definition) is 1. The fraction of sp³-hybridized carbons (Fsp3) is 0.923. The first kappa shape index (κ1) is 11.9. The third-order valence-electron chi connectivity index (χ3n) is 3.84. The first-order chi connectivity index (χ1) is 7.79. The van der Waals surface area contributed by atoms with Crippen molar-refractivity contribution in [3.05, 3.63) is 0 Å². The maximum Gasteiger partial charge on any atom is 0.319 e. The van der Waals surface area contributed by atoms with Crippen LogP contribution in [0.3, 0.4) is 0 Å². The van der Waals surface area contributed by atoms with E-state index >= 15 is 0 Å². The van der Waals surface area contributed by atoms with Crippen LogP contribution in [-0.4, -0.2) is 25.2 Å². The predicted octanol–water partition coefficient (Wildman–Crippen LogP) is 2.11. The first-order valence-electron chi connectivity index (χ1n) is 6.68. The monoisotopic (exact) mass is 225 g/mol. The number of carbonyl (C=O) groups excluding carboxylic acids is 1. The number of ether oxygens (including phenoxy) is 1. The van der Waals surface area contributed by atoms with Gasteiger partial charge in [0.05, 0.1) is 13.2 Å². The second-order valence-electron chi connectivity index (χ2n) is 5.15. The molecule has 2 rings (SSSR count). The van der Waals surface area contributed by atoms with Crippen molar-refractivity contribution in [3.63, 3.8) is 0 Å². The number of carbonyl (C=O) groups is 1. The van der Waals surface area contributed by atoms with Crippen molar-refractivity contribution in [2.45, 2.75) is 51.5 Å². The molecule has 3 nitrogen and oxygen atoms in total. The van der Waals surface area contributed by atoms with Crippen LogP contribution in [0.2, 0.25) is 0 Å². The Labute approximate surface area is 97.9 Å². The molecule has 0 heterocycles. The molecular weight excluding hydrogens is 202 g/mol. The van der Waals surface area contributed by atoms with Crippen LogP contribution in [0.25, 0.3) is 0 Å². The van der Waals surface area contributed by atoms with Gasteiger partial charge in [0.15, 0.2) is 0 Å². The molecule has 2 fully saturated rings. The smallest absolute Gasteiger partial charge is 0.319 e. The van der Waals surface area contributed by atoms with Gasteiger partial charge in [-0.25, -0.2) is 0 Å². The Morgan fingerprint density at radius 3 is 2.75 bits per heavy atom. The lowest BCUT2D eigenvalue weighted by atomic mass is 9.83. The minimum atomic E-state index is -0.115. The largest absolute Gasteiger partial charge is 0.465 e. The molecule has 3 heteroatoms. The quantitative estimate of drug-likeness (QED) is 0.728. The minimum absolute atomic E-state index is 0.115. The number of esters is 1. The van der Waals surface area contributed by atoms with Crippen LogP contribution in [0.5, 0.6) is 0 Å². The third-order valence-corrected chi connectivity index (χ3v) is 3.84. The molecule has 0 aromatic rings. The Morgan fingerprint density at radius 2 is 2.06 bits per heavy atom. The molecule has 2 aliphatic carbocycles. The molecular formula is C13H23NO2. The molecule has 0 radical (unpaired) electrons. The zero-order valence-corrected chi connectivity index (χ0v) is 10.2. The second kappa shape index (κ2) is 5.67. The minimum Gasteiger partial charge on any atom is -0.465 e. The Morgan fingerprint density at radius 1 is 1.25 bits per heavy atom. The van der Waals surface area contributed by atoms with E-state index in [9.17, 15) is 4.79 Å². The summed E-state index contributed by atoms with van der Waals surface area (Å²) in [5, 5.41) is 3.34. The number of hydrogen-bond acceptors (Lipinski definition) is 3. The number of nitrogens with one attached hydrogen (secondary N) is 1. The van der Waals surface area contributed by atoms with E-state index < -0.39 is 0 Å². The summed E-state index contributed by atoms with van der Waals surface area (Å²) in [4.78, 5) is 11.2. The van der Waals surface area contributed by atoms with Gasteiger partial charge in [-0.15, -0.1) is 0 Å². The Balaban J connectivity index is 1.66. The summed E-state index contributed by atoms with van der Waals surface area (Å²) in [7, 11) is 0. The van der Waals surface area contributed by atoms with Crippen LogP contribution >= 0.6 is 0 Å². The van der Waals surface area contributed by atoms with Crippen molar-refractivity contribution in [2.75, 3.05) is 13.2 Å². The Bertz CT molecular complexity index is 238. The van der Waals surface area contributed by atoms with Crippen molar-refractivity contribution in [2.24, 2.45) is 11.8 Å². The van der Waals surface area contributed by atoms with Crippen LogP contribution in [0, 0.1) is 11.8 Å². The van der Waals surface area contributed by atoms with E-state index in [2.05, 4.69) is 5.32 Å². The highest BCUT2D eigenvalue weighted by molar-refractivity contribution is 5.71. The molecule has 0 saturated heterocycles. The van der Waals surface area contributed by atoms with Crippen molar-refractivity contribution in [1.82, 2.24) is 5.32 Å². The molecule has 2 aliphatic rings. The molecule has 0 aliphatic heterocycles. The highest BCUT2D eigenvalue weighted by Gasteiger charge is 2.34. The summed E-state index contributed by atoms with van der Waals surface area (Å²) in [6.07, 6.45) is 8.10. The SMILES string of the molecule is CCOC(=O)CNC1CCCC(C2CC2)C1. The van der Waals surface area contributed by atoms with Gasteiger partial charge in [0, 0.05) is 6.04 Å². The standard InChI is InChI=1S/C13H23NO2/c1-2-16-13(15)9-14-12-5-3-4-11(8-12)10-6-7-10/h10-12,14H,2-9H2,1H3. The van der Waals surface area contributed by atoms with Gasteiger partial charge in [0.2, 0.25) is 0 Å². The van der Waals surface area contributed by atoms with E-state index in [0.717, 1.165) is 11.8 Å². The zero-order valence-electron chi connectivity index (χ0n) is 10.2. The lowest BCUT2D eigenvalue weighted by Crippen LogP contribution is -2.38. The molecule has 0 aromatic carbocycles. The first-order valence-corrected chi connectivity index (χ1v) is 6.68. The van der Waals surface area contributed by atoms with Crippen LogP contribution < -0.4 is 5.32 Å². The van der Waals surface area contributed by atoms with Crippen LogP contribution in [0.15, 0.2) is 0 Å². The molecule has 0 bridgehead atoms. The van der Waals surface area contributed by atoms with Crippen molar-refractivity contribution >= 4 is 5.97 Å². The van der Waals surface area contributed by atoms with Crippen molar-refractivity contribution in [3.8, 4) is 0 Å². The molecule has 0 amide bonds. The average Bonchev–Trinajstić information content (AvgIpc) is 3.11. The van der Waals surface area contributed by atoms with E-state index in [1.165, 1.54) is 38.5 Å². The summed E-state index contributed by atoms with van der Waals surface area (Å²) in [6.45, 7) is 2.72. The summed E-state index contributed by atoms with van der Waals surface area (Å²) in [5.74, 6) is 1.82. The third kappa shape index (κ3) is 3.48. The molecule has 16 heavy (non-hydrogen) atoms. The van der Waals surface area contributed by atoms with E-state index in [1.54, 1.807) is 0 Å². The van der Waals surface area contributed by atoms with Gasteiger partial charge in [-0.05, 0) is 44.4 Å². The van der Waals surface area contributed by atoms with Crippen LogP contribution in [0.1, 0.15) is 45.4 Å². The van der Waals surface area contributed by atoms with Crippen molar-refractivity contribution < 1.29 is 9.53 Å². The van der Waals surface area contributed by atoms with Gasteiger partial charge in [-0.1, -0.05) is 12.8 Å². The van der Waals surface area contributed by atoms with E-state index in [-0.39, 0.29) is 5.97 Å². The van der Waals surface area contributed by atoms with E-state index in [1.807, 2.05) is 6.92 Å². The molecule has 2 saturated carbocycles. The predicted molar refractivity (Wildman–Crippen MR) is 63.1 cm³/mol. The summed E-state index contributed by atoms with van der Waals surface area (Å²) in [6, 6.07) is 0.545. The molecule has 1 N–H and O–H groups in total. The highest BCUT2D eigenvalue weighted by Crippen LogP contribution is 2.43. The lowest BCUT2D eigenvalue weighted by molar-refractivity contribution is -0.142. The fourth-order valence-electron chi connectivity index (χ4n) is 2.85. The maximum atomic E-state index is 11.2.